The second-order valence-corrected chi connectivity index (χ2v) is 6.32. The van der Waals surface area contributed by atoms with E-state index in [9.17, 15) is 4.79 Å². The zero-order chi connectivity index (χ0) is 17.2. The molecule has 0 saturated carbocycles. The van der Waals surface area contributed by atoms with Crippen molar-refractivity contribution in [2.45, 2.75) is 25.3 Å². The van der Waals surface area contributed by atoms with Crippen LogP contribution in [-0.4, -0.2) is 38.1 Å². The highest BCUT2D eigenvalue weighted by molar-refractivity contribution is 5.94. The smallest absolute Gasteiger partial charge is 0.254 e. The molecule has 6 nitrogen and oxygen atoms in total. The van der Waals surface area contributed by atoms with Crippen molar-refractivity contribution in [3.8, 4) is 5.69 Å². The van der Waals surface area contributed by atoms with Crippen LogP contribution in [0.2, 0.25) is 0 Å². The summed E-state index contributed by atoms with van der Waals surface area (Å²) in [5, 5.41) is 11.1. The minimum Gasteiger partial charge on any atom is -0.335 e. The van der Waals surface area contributed by atoms with E-state index in [1.807, 2.05) is 36.2 Å². The van der Waals surface area contributed by atoms with Gasteiger partial charge in [0, 0.05) is 12.6 Å². The third-order valence-corrected chi connectivity index (χ3v) is 4.85. The number of hydrogen-bond acceptors (Lipinski definition) is 4. The number of hydrogen-bond donors (Lipinski definition) is 0. The number of carbonyl (C=O) groups excluding carboxylic acids is 1. The Balaban J connectivity index is 1.57. The van der Waals surface area contributed by atoms with Crippen molar-refractivity contribution in [2.24, 2.45) is 0 Å². The van der Waals surface area contributed by atoms with Gasteiger partial charge in [-0.25, -0.2) is 4.68 Å². The summed E-state index contributed by atoms with van der Waals surface area (Å²) in [6.45, 7) is 0. The van der Waals surface area contributed by atoms with E-state index in [-0.39, 0.29) is 11.9 Å². The van der Waals surface area contributed by atoms with Gasteiger partial charge in [-0.2, -0.15) is 0 Å². The van der Waals surface area contributed by atoms with Crippen molar-refractivity contribution in [3.05, 3.63) is 71.5 Å². The Morgan fingerprint density at radius 1 is 1.16 bits per heavy atom. The van der Waals surface area contributed by atoms with Gasteiger partial charge in [0.2, 0.25) is 0 Å². The molecule has 1 heterocycles. The van der Waals surface area contributed by atoms with Crippen LogP contribution in [0.5, 0.6) is 0 Å². The first kappa shape index (κ1) is 15.5. The minimum atomic E-state index is 0.0324. The average Bonchev–Trinajstić information content (AvgIpc) is 3.21. The van der Waals surface area contributed by atoms with Crippen LogP contribution in [0.4, 0.5) is 0 Å². The van der Waals surface area contributed by atoms with Crippen LogP contribution in [0.25, 0.3) is 5.69 Å². The summed E-state index contributed by atoms with van der Waals surface area (Å²) in [6.07, 6.45) is 4.73. The lowest BCUT2D eigenvalue weighted by Crippen LogP contribution is -2.33. The molecule has 2 aromatic carbocycles. The summed E-state index contributed by atoms with van der Waals surface area (Å²) in [7, 11) is 1.89. The number of tetrazole rings is 1. The quantitative estimate of drug-likeness (QED) is 0.739. The number of nitrogens with zero attached hydrogens (tertiary/aromatic N) is 5. The lowest BCUT2D eigenvalue weighted by Gasteiger charge is -2.33. The molecule has 1 aromatic heterocycles. The summed E-state index contributed by atoms with van der Waals surface area (Å²) in [4.78, 5) is 14.8. The lowest BCUT2D eigenvalue weighted by molar-refractivity contribution is 0.0715. The first-order valence-electron chi connectivity index (χ1n) is 8.42. The molecule has 1 atom stereocenters. The molecular weight excluding hydrogens is 314 g/mol. The molecule has 1 aliphatic carbocycles. The van der Waals surface area contributed by atoms with Crippen LogP contribution in [-0.2, 0) is 6.42 Å². The fourth-order valence-corrected chi connectivity index (χ4v) is 3.51. The minimum absolute atomic E-state index is 0.0324. The summed E-state index contributed by atoms with van der Waals surface area (Å²) < 4.78 is 1.56. The largest absolute Gasteiger partial charge is 0.335 e. The van der Waals surface area contributed by atoms with Crippen molar-refractivity contribution >= 4 is 5.91 Å². The van der Waals surface area contributed by atoms with Gasteiger partial charge < -0.3 is 4.90 Å². The second-order valence-electron chi connectivity index (χ2n) is 6.32. The van der Waals surface area contributed by atoms with E-state index in [4.69, 9.17) is 0 Å². The van der Waals surface area contributed by atoms with Crippen LogP contribution in [0, 0.1) is 0 Å². The Labute approximate surface area is 146 Å². The molecular formula is C19H19N5O. The predicted molar refractivity (Wildman–Crippen MR) is 93.4 cm³/mol. The van der Waals surface area contributed by atoms with E-state index in [0.717, 1.165) is 24.9 Å². The molecule has 1 amide bonds. The molecule has 4 rings (SSSR count). The Morgan fingerprint density at radius 3 is 2.72 bits per heavy atom. The van der Waals surface area contributed by atoms with Crippen molar-refractivity contribution in [3.63, 3.8) is 0 Å². The summed E-state index contributed by atoms with van der Waals surface area (Å²) in [5.74, 6) is 0.0324. The van der Waals surface area contributed by atoms with Crippen LogP contribution in [0.15, 0.2) is 54.9 Å². The van der Waals surface area contributed by atoms with E-state index in [2.05, 4.69) is 39.8 Å². The molecule has 0 bridgehead atoms. The van der Waals surface area contributed by atoms with Crippen molar-refractivity contribution in [1.29, 1.82) is 0 Å². The van der Waals surface area contributed by atoms with Gasteiger partial charge in [0.25, 0.3) is 5.91 Å². The van der Waals surface area contributed by atoms with E-state index < -0.39 is 0 Å². The molecule has 0 aliphatic heterocycles. The Hall–Kier alpha value is -3.02. The number of benzene rings is 2. The van der Waals surface area contributed by atoms with Crippen molar-refractivity contribution in [2.75, 3.05) is 7.05 Å². The van der Waals surface area contributed by atoms with Gasteiger partial charge in [-0.1, -0.05) is 24.3 Å². The zero-order valence-electron chi connectivity index (χ0n) is 14.0. The van der Waals surface area contributed by atoms with Crippen molar-refractivity contribution < 1.29 is 4.79 Å². The number of fused-ring (bicyclic) bond motifs is 1. The molecule has 0 N–H and O–H groups in total. The Morgan fingerprint density at radius 2 is 1.96 bits per heavy atom. The maximum Gasteiger partial charge on any atom is 0.254 e. The SMILES string of the molecule is CN(C(=O)c1ccc(-n2cnnn2)cc1)C1CCCc2ccccc21. The third-order valence-electron chi connectivity index (χ3n) is 4.85. The fourth-order valence-electron chi connectivity index (χ4n) is 3.51. The molecule has 1 aliphatic rings. The highest BCUT2D eigenvalue weighted by Crippen LogP contribution is 2.34. The van der Waals surface area contributed by atoms with Gasteiger partial charge >= 0.3 is 0 Å². The van der Waals surface area contributed by atoms with Crippen LogP contribution < -0.4 is 0 Å². The van der Waals surface area contributed by atoms with Gasteiger partial charge in [0.05, 0.1) is 11.7 Å². The molecule has 0 spiro atoms. The molecule has 0 radical (unpaired) electrons. The molecule has 126 valence electrons. The predicted octanol–water partition coefficient (Wildman–Crippen LogP) is 2.81. The normalized spacial score (nSPS) is 16.3. The number of aromatic nitrogens is 4. The zero-order valence-corrected chi connectivity index (χ0v) is 14.0. The number of amides is 1. The Bertz CT molecular complexity index is 873. The summed E-state index contributed by atoms with van der Waals surface area (Å²) in [6, 6.07) is 15.9. The number of aryl methyl sites for hydroxylation is 1. The Kier molecular flexibility index (Phi) is 4.01. The second kappa shape index (κ2) is 6.47. The number of carbonyl (C=O) groups is 1. The van der Waals surface area contributed by atoms with Crippen LogP contribution in [0.3, 0.4) is 0 Å². The van der Waals surface area contributed by atoms with Gasteiger partial charge in [0.1, 0.15) is 6.33 Å². The van der Waals surface area contributed by atoms with Crippen molar-refractivity contribution in [1.82, 2.24) is 25.1 Å². The van der Waals surface area contributed by atoms with E-state index in [1.165, 1.54) is 17.5 Å². The van der Waals surface area contributed by atoms with Crippen LogP contribution in [0.1, 0.15) is 40.4 Å². The maximum atomic E-state index is 12.9. The highest BCUT2D eigenvalue weighted by Gasteiger charge is 2.27. The maximum absolute atomic E-state index is 12.9. The van der Waals surface area contributed by atoms with Gasteiger partial charge in [-0.05, 0) is 65.1 Å². The van der Waals surface area contributed by atoms with Crippen LogP contribution >= 0.6 is 0 Å². The van der Waals surface area contributed by atoms with Gasteiger partial charge in [-0.3, -0.25) is 4.79 Å². The molecule has 25 heavy (non-hydrogen) atoms. The first-order valence-corrected chi connectivity index (χ1v) is 8.42. The standard InChI is InChI=1S/C19H19N5O/c1-23(18-8-4-6-14-5-2-3-7-17(14)18)19(25)15-9-11-16(12-10-15)24-13-20-21-22-24/h2-3,5,7,9-13,18H,4,6,8H2,1H3. The molecule has 1 unspecified atom stereocenters. The monoisotopic (exact) mass is 333 g/mol. The average molecular weight is 333 g/mol. The highest BCUT2D eigenvalue weighted by atomic mass is 16.2. The van der Waals surface area contributed by atoms with E-state index in [0.29, 0.717) is 5.56 Å². The van der Waals surface area contributed by atoms with E-state index in [1.54, 1.807) is 4.68 Å². The molecule has 3 aromatic rings. The molecule has 0 saturated heterocycles. The summed E-state index contributed by atoms with van der Waals surface area (Å²) >= 11 is 0. The fraction of sp³-hybridized carbons (Fsp3) is 0.263. The summed E-state index contributed by atoms with van der Waals surface area (Å²) in [5.41, 5.74) is 4.12. The first-order chi connectivity index (χ1) is 12.2. The topological polar surface area (TPSA) is 63.9 Å². The van der Waals surface area contributed by atoms with Gasteiger partial charge in [-0.15, -0.1) is 5.10 Å². The molecule has 0 fully saturated rings. The third kappa shape index (κ3) is 2.91. The van der Waals surface area contributed by atoms with E-state index >= 15 is 0 Å². The lowest BCUT2D eigenvalue weighted by atomic mass is 9.87. The molecule has 6 heteroatoms. The van der Waals surface area contributed by atoms with Gasteiger partial charge in [0.15, 0.2) is 0 Å². The number of rotatable bonds is 3.